The van der Waals surface area contributed by atoms with Crippen LogP contribution in [0.15, 0.2) is 53.6 Å². The minimum Gasteiger partial charge on any atom is -0.564 e. The molecule has 45 heavy (non-hydrogen) atoms. The maximum absolute atomic E-state index is 13.3. The van der Waals surface area contributed by atoms with E-state index in [0.29, 0.717) is 79.0 Å². The number of rotatable bonds is 12. The molecule has 0 bridgehead atoms. The fourth-order valence-electron chi connectivity index (χ4n) is 5.87. The van der Waals surface area contributed by atoms with Gasteiger partial charge in [0, 0.05) is 25.4 Å². The number of unbranched alkanes of at least 4 members (excludes halogenated alkanes) is 2. The van der Waals surface area contributed by atoms with Crippen molar-refractivity contribution in [2.45, 2.75) is 50.6 Å². The van der Waals surface area contributed by atoms with Gasteiger partial charge in [0.25, 0.3) is 5.91 Å². The molecule has 11 heteroatoms. The number of benzene rings is 2. The van der Waals surface area contributed by atoms with Crippen molar-refractivity contribution in [2.24, 2.45) is 4.99 Å². The smallest absolute Gasteiger partial charge is 0.564 e. The van der Waals surface area contributed by atoms with Gasteiger partial charge in [-0.2, -0.15) is 6.61 Å². The Bertz CT molecular complexity index is 1490. The Hall–Kier alpha value is -3.79. The molecular formula is C34H39MnN3O7. The third-order valence-electron chi connectivity index (χ3n) is 8.20. The zero-order valence-corrected chi connectivity index (χ0v) is 27.1. The largest absolute Gasteiger partial charge is 2.00 e. The molecule has 0 saturated carbocycles. The molecule has 3 heterocycles. The molecule has 3 aliphatic rings. The molecule has 2 saturated heterocycles. The number of fused-ring (bicyclic) bond motifs is 2. The first-order chi connectivity index (χ1) is 21.2. The molecule has 2 atom stereocenters. The van der Waals surface area contributed by atoms with Crippen LogP contribution in [0.5, 0.6) is 23.0 Å². The van der Waals surface area contributed by atoms with E-state index in [9.17, 15) is 14.7 Å². The molecule has 2 fully saturated rings. The molecule has 5 rings (SSSR count). The fourth-order valence-corrected chi connectivity index (χ4v) is 5.87. The molecule has 239 valence electrons. The summed E-state index contributed by atoms with van der Waals surface area (Å²) in [5, 5.41) is 9.50. The summed E-state index contributed by atoms with van der Waals surface area (Å²) in [6, 6.07) is 9.28. The van der Waals surface area contributed by atoms with Crippen molar-refractivity contribution in [3.63, 3.8) is 0 Å². The van der Waals surface area contributed by atoms with Crippen molar-refractivity contribution in [3.8, 4) is 23.0 Å². The van der Waals surface area contributed by atoms with E-state index in [1.54, 1.807) is 36.3 Å². The van der Waals surface area contributed by atoms with Crippen LogP contribution in [0.4, 0.5) is 5.69 Å². The summed E-state index contributed by atoms with van der Waals surface area (Å²) in [5.41, 5.74) is 2.79. The number of hydrogen-bond acceptors (Lipinski definition) is 8. The minimum absolute atomic E-state index is 0. The maximum atomic E-state index is 13.3. The molecule has 2 amide bonds. The van der Waals surface area contributed by atoms with E-state index in [-0.39, 0.29) is 28.9 Å². The number of aliphatic hydroxyl groups excluding tert-OH is 1. The normalized spacial score (nSPS) is 20.4. The Morgan fingerprint density at radius 1 is 1.04 bits per heavy atom. The molecule has 3 aliphatic heterocycles. The summed E-state index contributed by atoms with van der Waals surface area (Å²) in [6.07, 6.45) is 5.47. The SMILES string of the molecule is C=C1C[C@@H]([CH-]O)N(C(=O)c2[c-]cc(OCCCCCOc3cc4c(cc3OC)C(=O)N3CC(=C)C[C@@]3(C)C=N4)c(OC)c2)C1.[Mn+2]. The van der Waals surface area contributed by atoms with Gasteiger partial charge in [0.2, 0.25) is 0 Å². The number of amides is 2. The maximum Gasteiger partial charge on any atom is 2.00 e. The first kappa shape index (κ1) is 34.1. The number of hydrogen-bond donors (Lipinski definition) is 1. The standard InChI is InChI=1S/C34H39N3O7.Mn/c1-22-13-25(20-38)36(18-22)32(39)24-9-10-28(29(14-24)41-4)43-11-7-6-8-12-44-31-16-27-26(15-30(31)42-5)33(40)37-19-23(2)17-34(37,3)21-35-27;/h10,14-16,20-21,25,38H,1-2,6-8,11-13,17-19H2,3-5H3;/q-2;+2/t25-,34-;/m0./s1. The van der Waals surface area contributed by atoms with Gasteiger partial charge in [-0.05, 0) is 45.1 Å². The summed E-state index contributed by atoms with van der Waals surface area (Å²) in [7, 11) is 3.08. The molecule has 2 aromatic rings. The van der Waals surface area contributed by atoms with Gasteiger partial charge in [-0.25, -0.2) is 0 Å². The Labute approximate surface area is 275 Å². The molecule has 0 unspecified atom stereocenters. The molecule has 2 aromatic carbocycles. The third-order valence-corrected chi connectivity index (χ3v) is 8.20. The van der Waals surface area contributed by atoms with Crippen molar-refractivity contribution >= 4 is 23.7 Å². The fraction of sp³-hybridized carbons (Fsp3) is 0.412. The zero-order valence-electron chi connectivity index (χ0n) is 25.9. The first-order valence-corrected chi connectivity index (χ1v) is 14.7. The first-order valence-electron chi connectivity index (χ1n) is 14.7. The van der Waals surface area contributed by atoms with E-state index in [4.69, 9.17) is 18.9 Å². The van der Waals surface area contributed by atoms with Gasteiger partial charge in [0.15, 0.2) is 17.4 Å². The number of ether oxygens (including phenoxy) is 4. The van der Waals surface area contributed by atoms with E-state index in [2.05, 4.69) is 24.2 Å². The Morgan fingerprint density at radius 2 is 1.73 bits per heavy atom. The quantitative estimate of drug-likeness (QED) is 0.143. The molecule has 0 spiro atoms. The number of likely N-dealkylation sites (tertiary alicyclic amines) is 1. The molecule has 0 aliphatic carbocycles. The summed E-state index contributed by atoms with van der Waals surface area (Å²) >= 11 is 0. The number of aliphatic imine (C=N–C) groups is 1. The van der Waals surface area contributed by atoms with Crippen LogP contribution in [0.3, 0.4) is 0 Å². The molecular weight excluding hydrogens is 617 g/mol. The molecule has 1 N–H and O–H groups in total. The van der Waals surface area contributed by atoms with Crippen LogP contribution in [0, 0.1) is 12.7 Å². The van der Waals surface area contributed by atoms with Gasteiger partial charge in [0.05, 0.1) is 55.7 Å². The van der Waals surface area contributed by atoms with E-state index in [1.165, 1.54) is 7.11 Å². The van der Waals surface area contributed by atoms with Crippen LogP contribution in [0.25, 0.3) is 0 Å². The number of nitrogens with zero attached hydrogens (tertiary/aromatic N) is 3. The van der Waals surface area contributed by atoms with Gasteiger partial charge in [0.1, 0.15) is 0 Å². The van der Waals surface area contributed by atoms with Crippen molar-refractivity contribution in [1.29, 1.82) is 0 Å². The average molecular weight is 657 g/mol. The van der Waals surface area contributed by atoms with Crippen LogP contribution in [-0.2, 0) is 17.1 Å². The van der Waals surface area contributed by atoms with Crippen LogP contribution in [-0.4, -0.2) is 85.0 Å². The van der Waals surface area contributed by atoms with Gasteiger partial charge in [-0.1, -0.05) is 42.0 Å². The van der Waals surface area contributed by atoms with Crippen molar-refractivity contribution in [1.82, 2.24) is 9.80 Å². The van der Waals surface area contributed by atoms with Gasteiger partial charge in [-0.3, -0.25) is 9.79 Å². The predicted octanol–water partition coefficient (Wildman–Crippen LogP) is 5.31. The Kier molecular flexibility index (Phi) is 11.0. The Morgan fingerprint density at radius 3 is 2.42 bits per heavy atom. The van der Waals surface area contributed by atoms with Crippen LogP contribution >= 0.6 is 0 Å². The molecule has 0 aromatic heterocycles. The number of aliphatic hydroxyl groups is 1. The average Bonchev–Trinajstić information content (AvgIpc) is 3.53. The number of carbonyl (C=O) groups excluding carboxylic acids is 2. The van der Waals surface area contributed by atoms with Crippen LogP contribution < -0.4 is 18.9 Å². The van der Waals surface area contributed by atoms with Gasteiger partial charge < -0.3 is 38.6 Å². The second-order valence-corrected chi connectivity index (χ2v) is 11.6. The summed E-state index contributed by atoms with van der Waals surface area (Å²) in [5.74, 6) is 1.62. The van der Waals surface area contributed by atoms with Gasteiger partial charge >= 0.3 is 17.1 Å². The second kappa shape index (κ2) is 14.5. The van der Waals surface area contributed by atoms with E-state index in [0.717, 1.165) is 37.0 Å². The minimum atomic E-state index is -0.489. The van der Waals surface area contributed by atoms with Crippen molar-refractivity contribution in [3.05, 3.63) is 72.4 Å². The van der Waals surface area contributed by atoms with Crippen molar-refractivity contribution in [2.75, 3.05) is 40.5 Å². The van der Waals surface area contributed by atoms with Gasteiger partial charge in [-0.15, -0.1) is 12.1 Å². The number of carbonyl (C=O) groups is 2. The monoisotopic (exact) mass is 656 g/mol. The zero-order chi connectivity index (χ0) is 31.4. The number of methoxy groups -OCH3 is 2. The topological polar surface area (TPSA) is 110 Å². The third kappa shape index (κ3) is 7.21. The Balaban J connectivity index is 0.00000461. The summed E-state index contributed by atoms with van der Waals surface area (Å²) in [4.78, 5) is 34.4. The second-order valence-electron chi connectivity index (χ2n) is 11.6. The molecule has 1 radical (unpaired) electrons. The predicted molar refractivity (Wildman–Crippen MR) is 166 cm³/mol. The summed E-state index contributed by atoms with van der Waals surface area (Å²) in [6.45, 7) is 12.8. The van der Waals surface area contributed by atoms with Crippen molar-refractivity contribution < 1.29 is 50.7 Å². The molecule has 10 nitrogen and oxygen atoms in total. The summed E-state index contributed by atoms with van der Waals surface area (Å²) < 4.78 is 23.0. The van der Waals surface area contributed by atoms with Crippen LogP contribution in [0.2, 0.25) is 0 Å². The van der Waals surface area contributed by atoms with E-state index >= 15 is 0 Å². The van der Waals surface area contributed by atoms with E-state index < -0.39 is 11.6 Å². The van der Waals surface area contributed by atoms with Crippen LogP contribution in [0.1, 0.15) is 59.7 Å². The van der Waals surface area contributed by atoms with E-state index in [1.807, 2.05) is 18.0 Å².